The van der Waals surface area contributed by atoms with Crippen molar-refractivity contribution in [2.75, 3.05) is 13.2 Å². The molecule has 1 saturated heterocycles. The number of hydrogen-bond acceptors (Lipinski definition) is 4. The molecule has 0 saturated carbocycles. The first-order chi connectivity index (χ1) is 14.8. The Morgan fingerprint density at radius 1 is 1.13 bits per heavy atom. The van der Waals surface area contributed by atoms with E-state index in [2.05, 4.69) is 13.8 Å². The van der Waals surface area contributed by atoms with E-state index in [4.69, 9.17) is 4.74 Å². The summed E-state index contributed by atoms with van der Waals surface area (Å²) in [6, 6.07) is 12.5. The van der Waals surface area contributed by atoms with Gasteiger partial charge < -0.3 is 14.7 Å². The number of aliphatic hydroxyl groups excluding tert-OH is 1. The highest BCUT2D eigenvalue weighted by Crippen LogP contribution is 2.40. The number of hydrogen-bond donors (Lipinski definition) is 1. The molecule has 5 nitrogen and oxygen atoms in total. The number of carbonyl (C=O) groups is 2. The molecule has 1 heterocycles. The molecule has 2 aromatic carbocycles. The molecule has 31 heavy (non-hydrogen) atoms. The number of Topliss-reactive ketones (excluding diaryl/α,β-unsaturated/α-hetero) is 1. The lowest BCUT2D eigenvalue weighted by Crippen LogP contribution is -2.30. The van der Waals surface area contributed by atoms with Gasteiger partial charge in [0.05, 0.1) is 18.2 Å². The largest absolute Gasteiger partial charge is 0.507 e. The lowest BCUT2D eigenvalue weighted by molar-refractivity contribution is -0.139. The highest BCUT2D eigenvalue weighted by atomic mass is 16.5. The van der Waals surface area contributed by atoms with Gasteiger partial charge in [-0.1, -0.05) is 50.6 Å². The summed E-state index contributed by atoms with van der Waals surface area (Å²) in [5.74, 6) is -0.420. The molecule has 1 N–H and O–H groups in total. The molecule has 0 bridgehead atoms. The van der Waals surface area contributed by atoms with Crippen LogP contribution >= 0.6 is 0 Å². The highest BCUT2D eigenvalue weighted by molar-refractivity contribution is 6.46. The molecule has 164 valence electrons. The fourth-order valence-corrected chi connectivity index (χ4v) is 4.13. The first-order valence-corrected chi connectivity index (χ1v) is 10.9. The van der Waals surface area contributed by atoms with E-state index in [1.807, 2.05) is 57.2 Å². The zero-order valence-electron chi connectivity index (χ0n) is 18.9. The average Bonchev–Trinajstić information content (AvgIpc) is 2.99. The first-order valence-electron chi connectivity index (χ1n) is 10.9. The summed E-state index contributed by atoms with van der Waals surface area (Å²) in [6.45, 7) is 10.9. The summed E-state index contributed by atoms with van der Waals surface area (Å²) < 4.78 is 5.72. The van der Waals surface area contributed by atoms with Crippen LogP contribution in [0.5, 0.6) is 5.75 Å². The zero-order valence-corrected chi connectivity index (χ0v) is 18.9. The minimum Gasteiger partial charge on any atom is -0.507 e. The Morgan fingerprint density at radius 3 is 2.48 bits per heavy atom. The molecule has 5 heteroatoms. The van der Waals surface area contributed by atoms with E-state index < -0.39 is 17.7 Å². The van der Waals surface area contributed by atoms with E-state index >= 15 is 0 Å². The number of amides is 1. The first kappa shape index (κ1) is 22.6. The molecule has 1 unspecified atom stereocenters. The van der Waals surface area contributed by atoms with Gasteiger partial charge in [0, 0.05) is 12.1 Å². The summed E-state index contributed by atoms with van der Waals surface area (Å²) in [7, 11) is 0. The number of aliphatic hydroxyl groups is 1. The molecule has 0 spiro atoms. The third-order valence-electron chi connectivity index (χ3n) is 5.57. The molecule has 2 aromatic rings. The number of nitrogens with zero attached hydrogens (tertiary/aromatic N) is 1. The summed E-state index contributed by atoms with van der Waals surface area (Å²) in [5.41, 5.74) is 3.45. The van der Waals surface area contributed by atoms with Crippen LogP contribution in [0.2, 0.25) is 0 Å². The molecule has 3 rings (SSSR count). The predicted octanol–water partition coefficient (Wildman–Crippen LogP) is 5.35. The number of ether oxygens (including phenoxy) is 1. The molecule has 1 amide bonds. The average molecular weight is 422 g/mol. The standard InChI is InChI=1S/C26H31NO4/c1-6-13-27-23(18-10-8-9-17(5)14-18)22(25(29)26(27)30)24(28)19-11-12-21(31-7-2)20(15-19)16(3)4/h8-12,14-16,23,28H,6-7,13H2,1-5H3/b24-22-. The fourth-order valence-electron chi connectivity index (χ4n) is 4.13. The van der Waals surface area contributed by atoms with Gasteiger partial charge in [0.15, 0.2) is 0 Å². The maximum absolute atomic E-state index is 13.0. The van der Waals surface area contributed by atoms with Gasteiger partial charge in [-0.25, -0.2) is 0 Å². The van der Waals surface area contributed by atoms with Crippen molar-refractivity contribution in [2.24, 2.45) is 0 Å². The third kappa shape index (κ3) is 4.36. The molecule has 1 aliphatic heterocycles. The number of benzene rings is 2. The lowest BCUT2D eigenvalue weighted by atomic mass is 9.92. The minimum absolute atomic E-state index is 0.142. The van der Waals surface area contributed by atoms with Gasteiger partial charge in [-0.15, -0.1) is 0 Å². The number of rotatable bonds is 7. The second kappa shape index (κ2) is 9.38. The van der Waals surface area contributed by atoms with Crippen LogP contribution in [-0.4, -0.2) is 34.8 Å². The van der Waals surface area contributed by atoms with Gasteiger partial charge in [0.1, 0.15) is 11.5 Å². The van der Waals surface area contributed by atoms with E-state index in [1.165, 1.54) is 0 Å². The Bertz CT molecular complexity index is 1020. The summed E-state index contributed by atoms with van der Waals surface area (Å²) in [5, 5.41) is 11.3. The quantitative estimate of drug-likeness (QED) is 0.372. The number of aryl methyl sites for hydroxylation is 1. The van der Waals surface area contributed by atoms with Gasteiger partial charge in [0.2, 0.25) is 0 Å². The minimum atomic E-state index is -0.641. The van der Waals surface area contributed by atoms with E-state index in [0.717, 1.165) is 28.9 Å². The maximum atomic E-state index is 13.0. The Labute approximate surface area is 184 Å². The second-order valence-electron chi connectivity index (χ2n) is 8.25. The Kier molecular flexibility index (Phi) is 6.84. The molecule has 1 atom stereocenters. The van der Waals surface area contributed by atoms with Crippen molar-refractivity contribution in [3.05, 3.63) is 70.3 Å². The van der Waals surface area contributed by atoms with Crippen molar-refractivity contribution in [2.45, 2.75) is 53.0 Å². The summed E-state index contributed by atoms with van der Waals surface area (Å²) in [4.78, 5) is 27.4. The van der Waals surface area contributed by atoms with E-state index in [1.54, 1.807) is 11.0 Å². The normalized spacial score (nSPS) is 18.1. The van der Waals surface area contributed by atoms with Crippen molar-refractivity contribution in [3.8, 4) is 5.75 Å². The molecular formula is C26H31NO4. The predicted molar refractivity (Wildman–Crippen MR) is 122 cm³/mol. The fraction of sp³-hybridized carbons (Fsp3) is 0.385. The third-order valence-corrected chi connectivity index (χ3v) is 5.57. The van der Waals surface area contributed by atoms with Crippen LogP contribution in [0.25, 0.3) is 5.76 Å². The van der Waals surface area contributed by atoms with Crippen LogP contribution in [0.1, 0.15) is 68.3 Å². The Balaban J connectivity index is 2.19. The maximum Gasteiger partial charge on any atom is 0.295 e. The van der Waals surface area contributed by atoms with Gasteiger partial charge in [0.25, 0.3) is 11.7 Å². The highest BCUT2D eigenvalue weighted by Gasteiger charge is 2.45. The van der Waals surface area contributed by atoms with Crippen molar-refractivity contribution >= 4 is 17.4 Å². The van der Waals surface area contributed by atoms with Crippen LogP contribution in [-0.2, 0) is 9.59 Å². The van der Waals surface area contributed by atoms with Crippen molar-refractivity contribution in [1.82, 2.24) is 4.90 Å². The van der Waals surface area contributed by atoms with Gasteiger partial charge in [-0.2, -0.15) is 0 Å². The Morgan fingerprint density at radius 2 is 1.87 bits per heavy atom. The molecular weight excluding hydrogens is 390 g/mol. The Hall–Kier alpha value is -3.08. The molecule has 1 aliphatic rings. The van der Waals surface area contributed by atoms with Gasteiger partial charge >= 0.3 is 0 Å². The van der Waals surface area contributed by atoms with Crippen molar-refractivity contribution < 1.29 is 19.4 Å². The smallest absolute Gasteiger partial charge is 0.295 e. The molecule has 0 radical (unpaired) electrons. The number of likely N-dealkylation sites (tertiary alicyclic amines) is 1. The van der Waals surface area contributed by atoms with E-state index in [-0.39, 0.29) is 17.3 Å². The van der Waals surface area contributed by atoms with Crippen molar-refractivity contribution in [1.29, 1.82) is 0 Å². The molecule has 0 aromatic heterocycles. The second-order valence-corrected chi connectivity index (χ2v) is 8.25. The summed E-state index contributed by atoms with van der Waals surface area (Å²) >= 11 is 0. The van der Waals surface area contributed by atoms with Crippen LogP contribution in [0.3, 0.4) is 0 Å². The lowest BCUT2D eigenvalue weighted by Gasteiger charge is -2.25. The molecule has 0 aliphatic carbocycles. The van der Waals surface area contributed by atoms with Crippen LogP contribution in [0.4, 0.5) is 0 Å². The number of carbonyl (C=O) groups excluding carboxylic acids is 2. The monoisotopic (exact) mass is 421 g/mol. The topological polar surface area (TPSA) is 66.8 Å². The van der Waals surface area contributed by atoms with Crippen LogP contribution in [0, 0.1) is 6.92 Å². The van der Waals surface area contributed by atoms with Crippen LogP contribution < -0.4 is 4.74 Å². The molecule has 1 fully saturated rings. The number of ketones is 1. The van der Waals surface area contributed by atoms with E-state index in [9.17, 15) is 14.7 Å². The zero-order chi connectivity index (χ0) is 22.7. The van der Waals surface area contributed by atoms with Gasteiger partial charge in [-0.3, -0.25) is 9.59 Å². The summed E-state index contributed by atoms with van der Waals surface area (Å²) in [6.07, 6.45) is 0.718. The van der Waals surface area contributed by atoms with Gasteiger partial charge in [-0.05, 0) is 55.5 Å². The van der Waals surface area contributed by atoms with E-state index in [0.29, 0.717) is 18.7 Å². The SMILES string of the molecule is CCCN1C(=O)C(=O)/C(=C(\O)c2ccc(OCC)c(C(C)C)c2)C1c1cccc(C)c1. The van der Waals surface area contributed by atoms with Crippen LogP contribution in [0.15, 0.2) is 48.0 Å². The van der Waals surface area contributed by atoms with Crippen molar-refractivity contribution in [3.63, 3.8) is 0 Å².